The molecule has 0 heterocycles. The Hall–Kier alpha value is 2.10. The van der Waals surface area contributed by atoms with Crippen molar-refractivity contribution in [2.75, 3.05) is 28.8 Å². The van der Waals surface area contributed by atoms with Crippen LogP contribution in [-0.2, 0) is 0 Å². The Balaban J connectivity index is 1.96. The van der Waals surface area contributed by atoms with Gasteiger partial charge in [0.1, 0.15) is 0 Å². The molecular formula is C34H62S6. The molecule has 234 valence electrons. The molecule has 6 heteroatoms. The van der Waals surface area contributed by atoms with E-state index in [0.717, 1.165) is 70.2 Å². The molecular weight excluding hydrogens is 601 g/mol. The maximum Gasteiger partial charge on any atom is 0.0113 e. The second-order valence-corrected chi connectivity index (χ2v) is 16.8. The molecule has 0 bridgehead atoms. The summed E-state index contributed by atoms with van der Waals surface area (Å²) in [6.07, 6.45) is 24.7. The first-order valence-electron chi connectivity index (χ1n) is 17.3. The molecule has 10 atom stereocenters. The summed E-state index contributed by atoms with van der Waals surface area (Å²) in [5.41, 5.74) is 0.250. The van der Waals surface area contributed by atoms with Gasteiger partial charge in [-0.1, -0.05) is 51.4 Å². The molecule has 0 amide bonds. The first kappa shape index (κ1) is 35.0. The van der Waals surface area contributed by atoms with Crippen LogP contribution in [0.15, 0.2) is 0 Å². The predicted octanol–water partition coefficient (Wildman–Crippen LogP) is 10.5. The van der Waals surface area contributed by atoms with Crippen LogP contribution in [0.25, 0.3) is 0 Å². The van der Waals surface area contributed by atoms with Crippen molar-refractivity contribution in [3.63, 3.8) is 0 Å². The molecule has 4 fully saturated rings. The van der Waals surface area contributed by atoms with Crippen molar-refractivity contribution in [1.29, 1.82) is 0 Å². The Morgan fingerprint density at radius 1 is 0.500 bits per heavy atom. The van der Waals surface area contributed by atoms with Crippen LogP contribution in [0.3, 0.4) is 0 Å². The molecule has 0 aromatic rings. The maximum atomic E-state index is 6.06. The first-order valence-corrected chi connectivity index (χ1v) is 21.0. The average Bonchev–Trinajstić information content (AvgIpc) is 3.02. The van der Waals surface area contributed by atoms with Gasteiger partial charge in [-0.15, -0.1) is 0 Å². The lowest BCUT2D eigenvalue weighted by molar-refractivity contribution is -0.120. The zero-order valence-electron chi connectivity index (χ0n) is 25.2. The number of thiol groups is 6. The molecule has 4 rings (SSSR count). The van der Waals surface area contributed by atoms with Crippen molar-refractivity contribution >= 4 is 75.8 Å². The fourth-order valence-electron chi connectivity index (χ4n) is 11.0. The van der Waals surface area contributed by atoms with Crippen molar-refractivity contribution in [2.45, 2.75) is 121 Å². The van der Waals surface area contributed by atoms with Gasteiger partial charge in [-0.05, 0) is 152 Å². The number of hydrogen-bond acceptors (Lipinski definition) is 6. The highest BCUT2D eigenvalue weighted by Crippen LogP contribution is 2.66. The van der Waals surface area contributed by atoms with Gasteiger partial charge in [-0.25, -0.2) is 0 Å². The minimum atomic E-state index is 0.250. The Morgan fingerprint density at radius 3 is 1.38 bits per heavy atom. The Kier molecular flexibility index (Phi) is 15.5. The van der Waals surface area contributed by atoms with Crippen molar-refractivity contribution in [3.8, 4) is 0 Å². The third kappa shape index (κ3) is 7.55. The molecule has 4 aliphatic rings. The van der Waals surface area contributed by atoms with Crippen LogP contribution in [0.1, 0.15) is 116 Å². The monoisotopic (exact) mass is 662 g/mol. The molecule has 0 aliphatic heterocycles. The standard InChI is InChI=1S/C34H62S6/c35-19-9-18-32(28-14-5-1-10-24(28)20-36)34(30-16-7-3-12-26(30)22-38,31-17-8-4-13-27(31)23-39)33(40)29-15-6-2-11-25(29)21-37/h24-33,35-40H,1-23H2. The highest BCUT2D eigenvalue weighted by Gasteiger charge is 2.61. The largest absolute Gasteiger partial charge is 0.179 e. The van der Waals surface area contributed by atoms with Gasteiger partial charge in [-0.3, -0.25) is 0 Å². The molecule has 0 aromatic carbocycles. The third-order valence-corrected chi connectivity index (χ3v) is 15.7. The van der Waals surface area contributed by atoms with Gasteiger partial charge in [0.25, 0.3) is 0 Å². The van der Waals surface area contributed by atoms with E-state index in [1.54, 1.807) is 0 Å². The molecule has 0 N–H and O–H groups in total. The SMILES string of the molecule is SCCCC(C1CCCCC1CS)C(C(S)C1CCCCC1CS)(C1CCCCC1CS)C1CCCCC1CS. The summed E-state index contributed by atoms with van der Waals surface area (Å²) < 4.78 is 0. The topological polar surface area (TPSA) is 0 Å². The Labute approximate surface area is 282 Å². The second kappa shape index (κ2) is 17.7. The van der Waals surface area contributed by atoms with Gasteiger partial charge in [0.2, 0.25) is 0 Å². The molecule has 4 saturated carbocycles. The summed E-state index contributed by atoms with van der Waals surface area (Å²) in [4.78, 5) is 0. The molecule has 4 aliphatic carbocycles. The zero-order valence-corrected chi connectivity index (χ0v) is 30.6. The zero-order chi connectivity index (χ0) is 28.5. The summed E-state index contributed by atoms with van der Waals surface area (Å²) in [5, 5.41) is 0.452. The van der Waals surface area contributed by atoms with Crippen LogP contribution in [0.4, 0.5) is 0 Å². The van der Waals surface area contributed by atoms with Crippen molar-refractivity contribution in [2.24, 2.45) is 58.7 Å². The van der Waals surface area contributed by atoms with Crippen molar-refractivity contribution in [1.82, 2.24) is 0 Å². The van der Waals surface area contributed by atoms with E-state index in [1.165, 1.54) is 116 Å². The molecule has 0 saturated heterocycles. The highest BCUT2D eigenvalue weighted by atomic mass is 32.1. The normalized spacial score (nSPS) is 38.9. The molecule has 10 unspecified atom stereocenters. The summed E-state index contributed by atoms with van der Waals surface area (Å²) in [6.45, 7) is 0. The van der Waals surface area contributed by atoms with E-state index < -0.39 is 0 Å². The molecule has 0 radical (unpaired) electrons. The second-order valence-electron chi connectivity index (χ2n) is 14.4. The minimum absolute atomic E-state index is 0.250. The quantitative estimate of drug-likeness (QED) is 0.104. The van der Waals surface area contributed by atoms with Gasteiger partial charge >= 0.3 is 0 Å². The third-order valence-electron chi connectivity index (χ3n) is 12.7. The summed E-state index contributed by atoms with van der Waals surface area (Å²) in [5.74, 6) is 11.8. The van der Waals surface area contributed by atoms with Gasteiger partial charge in [-0.2, -0.15) is 75.8 Å². The predicted molar refractivity (Wildman–Crippen MR) is 199 cm³/mol. The first-order chi connectivity index (χ1) is 19.6. The average molecular weight is 663 g/mol. The lowest BCUT2D eigenvalue weighted by atomic mass is 9.43. The van der Waals surface area contributed by atoms with Gasteiger partial charge in [0, 0.05) is 5.25 Å². The number of hydrogen-bond donors (Lipinski definition) is 6. The van der Waals surface area contributed by atoms with E-state index in [-0.39, 0.29) is 5.41 Å². The van der Waals surface area contributed by atoms with Crippen LogP contribution in [-0.4, -0.2) is 34.0 Å². The Bertz CT molecular complexity index is 693. The van der Waals surface area contributed by atoms with Crippen molar-refractivity contribution in [3.05, 3.63) is 0 Å². The van der Waals surface area contributed by atoms with Gasteiger partial charge < -0.3 is 0 Å². The van der Waals surface area contributed by atoms with E-state index in [2.05, 4.69) is 0 Å². The Morgan fingerprint density at radius 2 is 0.900 bits per heavy atom. The van der Waals surface area contributed by atoms with E-state index in [4.69, 9.17) is 75.8 Å². The van der Waals surface area contributed by atoms with Crippen LogP contribution in [0.2, 0.25) is 0 Å². The highest BCUT2D eigenvalue weighted by molar-refractivity contribution is 7.81. The molecule has 40 heavy (non-hydrogen) atoms. The minimum Gasteiger partial charge on any atom is -0.179 e. The van der Waals surface area contributed by atoms with Crippen LogP contribution in [0, 0.1) is 58.7 Å². The lowest BCUT2D eigenvalue weighted by Crippen LogP contribution is -2.61. The maximum absolute atomic E-state index is 6.06. The van der Waals surface area contributed by atoms with Gasteiger partial charge in [0.05, 0.1) is 0 Å². The van der Waals surface area contributed by atoms with Crippen LogP contribution in [0.5, 0.6) is 0 Å². The lowest BCUT2D eigenvalue weighted by Gasteiger charge is -2.64. The fraction of sp³-hybridized carbons (Fsp3) is 1.00. The molecule has 0 aromatic heterocycles. The van der Waals surface area contributed by atoms with E-state index in [1.807, 2.05) is 0 Å². The van der Waals surface area contributed by atoms with E-state index in [9.17, 15) is 0 Å². The summed E-state index contributed by atoms with van der Waals surface area (Å²) >= 11 is 31.2. The van der Waals surface area contributed by atoms with Gasteiger partial charge in [0.15, 0.2) is 0 Å². The number of rotatable bonds is 13. The fourth-order valence-corrected chi connectivity index (χ4v) is 14.0. The van der Waals surface area contributed by atoms with E-state index in [0.29, 0.717) is 17.1 Å². The van der Waals surface area contributed by atoms with E-state index >= 15 is 0 Å². The molecule has 0 nitrogen and oxygen atoms in total. The summed E-state index contributed by atoms with van der Waals surface area (Å²) in [7, 11) is 0. The smallest absolute Gasteiger partial charge is 0.0113 e. The van der Waals surface area contributed by atoms with Crippen molar-refractivity contribution < 1.29 is 0 Å². The van der Waals surface area contributed by atoms with Crippen LogP contribution >= 0.6 is 75.8 Å². The van der Waals surface area contributed by atoms with Crippen LogP contribution < -0.4 is 0 Å². The summed E-state index contributed by atoms with van der Waals surface area (Å²) in [6, 6.07) is 0. The molecule has 0 spiro atoms.